The number of hydrogen-bond acceptors (Lipinski definition) is 3. The van der Waals surface area contributed by atoms with E-state index in [9.17, 15) is 8.78 Å². The molecule has 1 atom stereocenters. The van der Waals surface area contributed by atoms with E-state index >= 15 is 0 Å². The molecule has 2 heterocycles. The van der Waals surface area contributed by atoms with Gasteiger partial charge in [-0.1, -0.05) is 30.3 Å². The molecule has 1 spiro atoms. The third-order valence-corrected chi connectivity index (χ3v) is 4.99. The Kier molecular flexibility index (Phi) is 4.10. The van der Waals surface area contributed by atoms with Gasteiger partial charge in [-0.25, -0.2) is 18.7 Å². The predicted molar refractivity (Wildman–Crippen MR) is 86.9 cm³/mol. The van der Waals surface area contributed by atoms with Crippen LogP contribution in [0.3, 0.4) is 0 Å². The number of hydrogen-bond donors (Lipinski definition) is 1. The Balaban J connectivity index is 0.00000156. The molecule has 1 aliphatic heterocycles. The van der Waals surface area contributed by atoms with Gasteiger partial charge in [0.15, 0.2) is 0 Å². The van der Waals surface area contributed by atoms with Crippen molar-refractivity contribution in [1.82, 2.24) is 15.3 Å². The molecule has 1 saturated carbocycles. The topological polar surface area (TPSA) is 37.8 Å². The minimum atomic E-state index is -2.69. The van der Waals surface area contributed by atoms with Gasteiger partial charge >= 0.3 is 0 Å². The molecule has 23 heavy (non-hydrogen) atoms. The zero-order valence-corrected chi connectivity index (χ0v) is 13.3. The molecule has 2 fully saturated rings. The maximum Gasteiger partial charge on any atom is 0.265 e. The van der Waals surface area contributed by atoms with Crippen LogP contribution in [0.5, 0.6) is 0 Å². The minimum Gasteiger partial charge on any atom is -0.317 e. The smallest absolute Gasteiger partial charge is 0.265 e. The number of rotatable bonds is 2. The lowest BCUT2D eigenvalue weighted by atomic mass is 9.91. The molecule has 2 aliphatic rings. The van der Waals surface area contributed by atoms with Crippen molar-refractivity contribution >= 4 is 12.4 Å². The third kappa shape index (κ3) is 2.42. The largest absolute Gasteiger partial charge is 0.317 e. The SMILES string of the molecule is Cl.FC1(F)C(c2nccc(-c3ccccc3)n2)C12CCNCC2. The highest BCUT2D eigenvalue weighted by Gasteiger charge is 2.81. The van der Waals surface area contributed by atoms with Gasteiger partial charge in [-0.3, -0.25) is 0 Å². The second-order valence-corrected chi connectivity index (χ2v) is 6.13. The van der Waals surface area contributed by atoms with Crippen molar-refractivity contribution in [2.24, 2.45) is 5.41 Å². The van der Waals surface area contributed by atoms with E-state index in [0.717, 1.165) is 5.56 Å². The Morgan fingerprint density at radius 1 is 1.04 bits per heavy atom. The zero-order chi connectivity index (χ0) is 15.2. The summed E-state index contributed by atoms with van der Waals surface area (Å²) >= 11 is 0. The summed E-state index contributed by atoms with van der Waals surface area (Å²) in [5.41, 5.74) is 0.694. The van der Waals surface area contributed by atoms with Crippen LogP contribution >= 0.6 is 12.4 Å². The highest BCUT2D eigenvalue weighted by atomic mass is 35.5. The van der Waals surface area contributed by atoms with Gasteiger partial charge < -0.3 is 5.32 Å². The second kappa shape index (κ2) is 5.80. The van der Waals surface area contributed by atoms with Gasteiger partial charge in [0, 0.05) is 11.8 Å². The zero-order valence-electron chi connectivity index (χ0n) is 12.5. The van der Waals surface area contributed by atoms with Crippen LogP contribution in [0.1, 0.15) is 24.6 Å². The average molecular weight is 338 g/mol. The van der Waals surface area contributed by atoms with Gasteiger partial charge in [-0.2, -0.15) is 0 Å². The summed E-state index contributed by atoms with van der Waals surface area (Å²) in [5, 5.41) is 3.15. The fourth-order valence-corrected chi connectivity index (χ4v) is 3.70. The monoisotopic (exact) mass is 337 g/mol. The van der Waals surface area contributed by atoms with Crippen molar-refractivity contribution in [3.05, 3.63) is 48.4 Å². The summed E-state index contributed by atoms with van der Waals surface area (Å²) in [5.74, 6) is -3.25. The highest BCUT2D eigenvalue weighted by molar-refractivity contribution is 5.85. The summed E-state index contributed by atoms with van der Waals surface area (Å²) in [6.45, 7) is 1.29. The number of piperidine rings is 1. The second-order valence-electron chi connectivity index (χ2n) is 6.13. The van der Waals surface area contributed by atoms with Crippen LogP contribution in [0.15, 0.2) is 42.6 Å². The van der Waals surface area contributed by atoms with Gasteiger partial charge in [0.1, 0.15) is 5.82 Å². The molecule has 1 unspecified atom stereocenters. The van der Waals surface area contributed by atoms with Gasteiger partial charge in [-0.05, 0) is 32.0 Å². The van der Waals surface area contributed by atoms with Crippen LogP contribution in [-0.2, 0) is 0 Å². The summed E-state index contributed by atoms with van der Waals surface area (Å²) < 4.78 is 28.9. The number of nitrogens with one attached hydrogen (secondary N) is 1. The van der Waals surface area contributed by atoms with Gasteiger partial charge in [0.25, 0.3) is 5.92 Å². The molecule has 1 saturated heterocycles. The number of alkyl halides is 2. The number of benzene rings is 1. The third-order valence-electron chi connectivity index (χ3n) is 4.99. The van der Waals surface area contributed by atoms with Gasteiger partial charge in [0.2, 0.25) is 0 Å². The van der Waals surface area contributed by atoms with E-state index in [4.69, 9.17) is 0 Å². The Morgan fingerprint density at radius 3 is 2.43 bits per heavy atom. The Labute approximate surface area is 140 Å². The van der Waals surface area contributed by atoms with Crippen LogP contribution in [0, 0.1) is 5.41 Å². The van der Waals surface area contributed by atoms with Crippen molar-refractivity contribution in [3.63, 3.8) is 0 Å². The fraction of sp³-hybridized carbons (Fsp3) is 0.412. The lowest BCUT2D eigenvalue weighted by Crippen LogP contribution is -2.32. The first-order valence-electron chi connectivity index (χ1n) is 7.62. The Hall–Kier alpha value is -1.59. The Morgan fingerprint density at radius 2 is 1.74 bits per heavy atom. The van der Waals surface area contributed by atoms with E-state index in [1.54, 1.807) is 12.3 Å². The van der Waals surface area contributed by atoms with Gasteiger partial charge in [-0.15, -0.1) is 12.4 Å². The number of nitrogens with zero attached hydrogens (tertiary/aromatic N) is 2. The number of aromatic nitrogens is 2. The molecule has 1 aromatic heterocycles. The van der Waals surface area contributed by atoms with E-state index in [1.165, 1.54) is 0 Å². The molecular weight excluding hydrogens is 320 g/mol. The predicted octanol–water partition coefficient (Wildman–Crippen LogP) is 3.67. The summed E-state index contributed by atoms with van der Waals surface area (Å²) in [7, 11) is 0. The maximum atomic E-state index is 14.4. The minimum absolute atomic E-state index is 0. The molecule has 0 amide bonds. The van der Waals surface area contributed by atoms with E-state index in [0.29, 0.717) is 31.6 Å². The molecule has 0 radical (unpaired) electrons. The number of halogens is 3. The lowest BCUT2D eigenvalue weighted by Gasteiger charge is -2.22. The summed E-state index contributed by atoms with van der Waals surface area (Å²) in [6.07, 6.45) is 2.57. The van der Waals surface area contributed by atoms with Crippen LogP contribution < -0.4 is 5.32 Å². The van der Waals surface area contributed by atoms with E-state index in [-0.39, 0.29) is 18.2 Å². The molecule has 6 heteroatoms. The molecule has 122 valence electrons. The van der Waals surface area contributed by atoms with Crippen LogP contribution in [0.25, 0.3) is 11.3 Å². The first-order chi connectivity index (χ1) is 10.7. The molecule has 1 aromatic carbocycles. The molecule has 1 N–H and O–H groups in total. The van der Waals surface area contributed by atoms with E-state index in [2.05, 4.69) is 15.3 Å². The van der Waals surface area contributed by atoms with E-state index < -0.39 is 17.3 Å². The molecule has 1 aliphatic carbocycles. The lowest BCUT2D eigenvalue weighted by molar-refractivity contribution is 0.0490. The summed E-state index contributed by atoms with van der Waals surface area (Å²) in [6, 6.07) is 11.4. The van der Waals surface area contributed by atoms with Gasteiger partial charge in [0.05, 0.1) is 17.0 Å². The normalized spacial score (nSPS) is 24.0. The molecule has 0 bridgehead atoms. The maximum absolute atomic E-state index is 14.4. The average Bonchev–Trinajstić information content (AvgIpc) is 3.02. The highest BCUT2D eigenvalue weighted by Crippen LogP contribution is 2.74. The molecule has 3 nitrogen and oxygen atoms in total. The quantitative estimate of drug-likeness (QED) is 0.908. The van der Waals surface area contributed by atoms with Crippen molar-refractivity contribution < 1.29 is 8.78 Å². The van der Waals surface area contributed by atoms with Crippen molar-refractivity contribution in [3.8, 4) is 11.3 Å². The van der Waals surface area contributed by atoms with Crippen LogP contribution in [-0.4, -0.2) is 29.0 Å². The molecular formula is C17H18ClF2N3. The Bertz CT molecular complexity index is 687. The van der Waals surface area contributed by atoms with Crippen molar-refractivity contribution in [1.29, 1.82) is 0 Å². The van der Waals surface area contributed by atoms with Crippen molar-refractivity contribution in [2.45, 2.75) is 24.7 Å². The van der Waals surface area contributed by atoms with Crippen LogP contribution in [0.4, 0.5) is 8.78 Å². The molecule has 2 aromatic rings. The van der Waals surface area contributed by atoms with E-state index in [1.807, 2.05) is 30.3 Å². The summed E-state index contributed by atoms with van der Waals surface area (Å²) in [4.78, 5) is 8.60. The van der Waals surface area contributed by atoms with Crippen molar-refractivity contribution in [2.75, 3.05) is 13.1 Å². The van der Waals surface area contributed by atoms with Crippen LogP contribution in [0.2, 0.25) is 0 Å². The fourth-order valence-electron chi connectivity index (χ4n) is 3.70. The first-order valence-corrected chi connectivity index (χ1v) is 7.62. The standard InChI is InChI=1S/C17H17F2N3.ClH/c18-17(19)14(16(17)7-10-20-11-8-16)15-21-9-6-13(22-15)12-4-2-1-3-5-12;/h1-6,9,14,20H,7-8,10-11H2;1H. The first kappa shape index (κ1) is 16.3. The molecule has 4 rings (SSSR count).